The highest BCUT2D eigenvalue weighted by Gasteiger charge is 2.28. The quantitative estimate of drug-likeness (QED) is 0.490. The van der Waals surface area contributed by atoms with Crippen molar-refractivity contribution in [1.82, 2.24) is 9.80 Å². The van der Waals surface area contributed by atoms with E-state index in [0.717, 1.165) is 29.2 Å². The molecule has 1 aromatic rings. The molecule has 0 saturated carbocycles. The molecule has 0 aromatic heterocycles. The van der Waals surface area contributed by atoms with Crippen LogP contribution in [0.4, 0.5) is 5.69 Å². The first-order valence-electron chi connectivity index (χ1n) is 5.94. The molecular formula is C13H16BrN5. The summed E-state index contributed by atoms with van der Waals surface area (Å²) >= 11 is 3.46. The lowest BCUT2D eigenvalue weighted by Crippen LogP contribution is -2.49. The summed E-state index contributed by atoms with van der Waals surface area (Å²) in [5, 5.41) is 3.84. The van der Waals surface area contributed by atoms with Gasteiger partial charge in [0.15, 0.2) is 0 Å². The zero-order valence-corrected chi connectivity index (χ0v) is 12.6. The van der Waals surface area contributed by atoms with E-state index in [1.165, 1.54) is 5.56 Å². The number of benzene rings is 1. The minimum Gasteiger partial charge on any atom is -0.398 e. The van der Waals surface area contributed by atoms with Crippen molar-refractivity contribution in [3.8, 4) is 0 Å². The molecule has 1 aliphatic heterocycles. The standard InChI is InChI=1S/C13H16BrN5/c1-16-17-13-18(2)7-10(8-19(13)3)9-4-5-12(15)11(14)6-9/h4-6,10H,7-8,15H2,2-3H3. The summed E-state index contributed by atoms with van der Waals surface area (Å²) in [5.41, 5.74) is 7.80. The third-order valence-corrected chi connectivity index (χ3v) is 3.99. The van der Waals surface area contributed by atoms with E-state index in [1.54, 1.807) is 0 Å². The molecule has 19 heavy (non-hydrogen) atoms. The van der Waals surface area contributed by atoms with Crippen molar-refractivity contribution in [2.24, 2.45) is 5.10 Å². The lowest BCUT2D eigenvalue weighted by molar-refractivity contribution is 0.287. The van der Waals surface area contributed by atoms with Crippen LogP contribution in [0.1, 0.15) is 11.5 Å². The molecule has 1 heterocycles. The summed E-state index contributed by atoms with van der Waals surface area (Å²) in [6.07, 6.45) is 0. The maximum absolute atomic E-state index is 6.85. The number of nitrogens with zero attached hydrogens (tertiary/aromatic N) is 4. The number of hydrogen-bond acceptors (Lipinski definition) is 2. The molecule has 100 valence electrons. The highest BCUT2D eigenvalue weighted by Crippen LogP contribution is 2.28. The Kier molecular flexibility index (Phi) is 3.96. The van der Waals surface area contributed by atoms with E-state index in [9.17, 15) is 0 Å². The Balaban J connectivity index is 2.23. The van der Waals surface area contributed by atoms with Gasteiger partial charge in [0, 0.05) is 43.3 Å². The molecule has 0 spiro atoms. The van der Waals surface area contributed by atoms with Crippen LogP contribution in [0.2, 0.25) is 0 Å². The fourth-order valence-electron chi connectivity index (χ4n) is 2.38. The van der Waals surface area contributed by atoms with Gasteiger partial charge in [-0.05, 0) is 33.6 Å². The minimum atomic E-state index is 0.372. The van der Waals surface area contributed by atoms with Gasteiger partial charge in [-0.1, -0.05) is 6.07 Å². The Morgan fingerprint density at radius 1 is 1.37 bits per heavy atom. The van der Waals surface area contributed by atoms with Crippen LogP contribution in [0.3, 0.4) is 0 Å². The predicted octanol–water partition coefficient (Wildman–Crippen LogP) is 2.18. The largest absolute Gasteiger partial charge is 0.398 e. The fourth-order valence-corrected chi connectivity index (χ4v) is 2.78. The second kappa shape index (κ2) is 5.49. The summed E-state index contributed by atoms with van der Waals surface area (Å²) in [6.45, 7) is 8.53. The SMILES string of the molecule is [C-]#[N+]N=C1N(C)CC(c2ccc(N)c(Br)c2)CN1C. The number of nitrogens with two attached hydrogens (primary N) is 1. The molecule has 0 unspecified atom stereocenters. The monoisotopic (exact) mass is 321 g/mol. The van der Waals surface area contributed by atoms with Crippen molar-refractivity contribution >= 4 is 27.6 Å². The number of rotatable bonds is 1. The molecule has 1 aromatic carbocycles. The highest BCUT2D eigenvalue weighted by molar-refractivity contribution is 9.10. The predicted molar refractivity (Wildman–Crippen MR) is 80.6 cm³/mol. The maximum Gasteiger partial charge on any atom is 0.282 e. The van der Waals surface area contributed by atoms with Crippen molar-refractivity contribution < 1.29 is 0 Å². The van der Waals surface area contributed by atoms with Crippen LogP contribution < -0.4 is 5.73 Å². The second-order valence-electron chi connectivity index (χ2n) is 4.74. The van der Waals surface area contributed by atoms with Crippen molar-refractivity contribution in [1.29, 1.82) is 0 Å². The summed E-state index contributed by atoms with van der Waals surface area (Å²) in [7, 11) is 3.91. The first kappa shape index (κ1) is 13.7. The highest BCUT2D eigenvalue weighted by atomic mass is 79.9. The van der Waals surface area contributed by atoms with Crippen LogP contribution in [0, 0.1) is 6.57 Å². The van der Waals surface area contributed by atoms with Crippen molar-refractivity contribution in [3.05, 3.63) is 39.8 Å². The zero-order valence-electron chi connectivity index (χ0n) is 11.0. The second-order valence-corrected chi connectivity index (χ2v) is 5.59. The van der Waals surface area contributed by atoms with Gasteiger partial charge < -0.3 is 15.5 Å². The number of guanidine groups is 1. The molecule has 0 bridgehead atoms. The van der Waals surface area contributed by atoms with Gasteiger partial charge in [0.2, 0.25) is 0 Å². The van der Waals surface area contributed by atoms with Crippen LogP contribution in [-0.2, 0) is 0 Å². The lowest BCUT2D eigenvalue weighted by atomic mass is 9.96. The number of likely N-dealkylation sites (N-methyl/N-ethyl adjacent to an activating group) is 2. The number of halogens is 1. The Hall–Kier alpha value is -1.74. The maximum atomic E-state index is 6.85. The summed E-state index contributed by atoms with van der Waals surface area (Å²) in [4.78, 5) is 7.14. The molecule has 0 atom stereocenters. The third kappa shape index (κ3) is 2.82. The van der Waals surface area contributed by atoms with Crippen LogP contribution >= 0.6 is 15.9 Å². The average molecular weight is 322 g/mol. The van der Waals surface area contributed by atoms with Crippen molar-refractivity contribution in [3.63, 3.8) is 0 Å². The Morgan fingerprint density at radius 3 is 2.53 bits per heavy atom. The molecule has 5 nitrogen and oxygen atoms in total. The fraction of sp³-hybridized carbons (Fsp3) is 0.385. The van der Waals surface area contributed by atoms with E-state index < -0.39 is 0 Å². The van der Waals surface area contributed by atoms with Gasteiger partial charge in [-0.25, -0.2) is 0 Å². The molecule has 2 rings (SSSR count). The average Bonchev–Trinajstić information content (AvgIpc) is 2.37. The van der Waals surface area contributed by atoms with E-state index in [1.807, 2.05) is 30.0 Å². The topological polar surface area (TPSA) is 49.2 Å². The molecular weight excluding hydrogens is 306 g/mol. The van der Waals surface area contributed by atoms with Gasteiger partial charge in [0.1, 0.15) is 5.10 Å². The van der Waals surface area contributed by atoms with E-state index in [2.05, 4.69) is 38.1 Å². The first-order valence-corrected chi connectivity index (χ1v) is 6.74. The Morgan fingerprint density at radius 2 is 2.00 bits per heavy atom. The van der Waals surface area contributed by atoms with E-state index in [-0.39, 0.29) is 0 Å². The zero-order chi connectivity index (χ0) is 14.0. The third-order valence-electron chi connectivity index (χ3n) is 3.31. The van der Waals surface area contributed by atoms with E-state index in [0.29, 0.717) is 5.92 Å². The number of anilines is 1. The van der Waals surface area contributed by atoms with Crippen LogP contribution in [0.15, 0.2) is 27.8 Å². The summed E-state index contributed by atoms with van der Waals surface area (Å²) < 4.78 is 0.927. The first-order chi connectivity index (χ1) is 9.02. The summed E-state index contributed by atoms with van der Waals surface area (Å²) in [5.74, 6) is 1.09. The van der Waals surface area contributed by atoms with Gasteiger partial charge in [-0.3, -0.25) is 0 Å². The molecule has 2 N–H and O–H groups in total. The molecule has 6 heteroatoms. The number of hydrogen-bond donors (Lipinski definition) is 1. The Bertz CT molecular complexity index is 534. The lowest BCUT2D eigenvalue weighted by Gasteiger charge is -2.37. The Labute approximate surface area is 121 Å². The van der Waals surface area contributed by atoms with E-state index >= 15 is 0 Å². The molecule has 1 fully saturated rings. The van der Waals surface area contributed by atoms with Gasteiger partial charge in [-0.15, -0.1) is 4.95 Å². The van der Waals surface area contributed by atoms with Gasteiger partial charge >= 0.3 is 0 Å². The molecule has 1 saturated heterocycles. The van der Waals surface area contributed by atoms with Gasteiger partial charge in [0.25, 0.3) is 5.96 Å². The molecule has 0 radical (unpaired) electrons. The molecule has 0 amide bonds. The summed E-state index contributed by atoms with van der Waals surface area (Å²) in [6, 6.07) is 6.05. The normalized spacial score (nSPS) is 19.3. The van der Waals surface area contributed by atoms with E-state index in [4.69, 9.17) is 12.3 Å². The van der Waals surface area contributed by atoms with Crippen molar-refractivity contribution in [2.45, 2.75) is 5.92 Å². The van der Waals surface area contributed by atoms with Crippen molar-refractivity contribution in [2.75, 3.05) is 32.9 Å². The number of nitrogen functional groups attached to an aromatic ring is 1. The molecule has 0 aliphatic carbocycles. The van der Waals surface area contributed by atoms with Gasteiger partial charge in [-0.2, -0.15) is 6.57 Å². The van der Waals surface area contributed by atoms with Crippen LogP contribution in [0.25, 0.3) is 4.95 Å². The van der Waals surface area contributed by atoms with Crippen LogP contribution in [-0.4, -0.2) is 42.9 Å². The van der Waals surface area contributed by atoms with Gasteiger partial charge in [0.05, 0.1) is 0 Å². The molecule has 1 aliphatic rings. The smallest absolute Gasteiger partial charge is 0.282 e. The van der Waals surface area contributed by atoms with Crippen LogP contribution in [0.5, 0.6) is 0 Å². The minimum absolute atomic E-state index is 0.372.